The number of nitrogens with zero attached hydrogens (tertiary/aromatic N) is 2. The van der Waals surface area contributed by atoms with Crippen LogP contribution < -0.4 is 5.73 Å². The van der Waals surface area contributed by atoms with E-state index < -0.39 is 5.67 Å². The molecule has 2 N–H and O–H groups in total. The number of likely N-dealkylation sites (tertiary alicyclic amines) is 1. The number of pyridine rings is 1. The summed E-state index contributed by atoms with van der Waals surface area (Å²) < 4.78 is 13.8. The number of halogens is 1. The molecule has 0 radical (unpaired) electrons. The van der Waals surface area contributed by atoms with Gasteiger partial charge in [-0.1, -0.05) is 0 Å². The molecule has 1 aliphatic heterocycles. The van der Waals surface area contributed by atoms with E-state index in [1.165, 1.54) is 0 Å². The van der Waals surface area contributed by atoms with Gasteiger partial charge < -0.3 is 5.73 Å². The minimum Gasteiger partial charge on any atom is -0.384 e. The van der Waals surface area contributed by atoms with Crippen molar-refractivity contribution in [3.05, 3.63) is 23.9 Å². The Balaban J connectivity index is 1.99. The maximum absolute atomic E-state index is 13.8. The van der Waals surface area contributed by atoms with Crippen molar-refractivity contribution in [3.63, 3.8) is 0 Å². The Bertz CT molecular complexity index is 365. The van der Waals surface area contributed by atoms with Crippen molar-refractivity contribution in [2.75, 3.05) is 18.8 Å². The normalized spacial score (nSPS) is 26.9. The topological polar surface area (TPSA) is 42.2 Å². The van der Waals surface area contributed by atoms with Gasteiger partial charge >= 0.3 is 0 Å². The summed E-state index contributed by atoms with van der Waals surface area (Å²) in [6.07, 6.45) is 3.29. The molecule has 4 heteroatoms. The van der Waals surface area contributed by atoms with Crippen molar-refractivity contribution >= 4 is 5.82 Å². The van der Waals surface area contributed by atoms with Gasteiger partial charge in [-0.3, -0.25) is 4.90 Å². The molecule has 1 atom stereocenters. The second kappa shape index (κ2) is 4.37. The van der Waals surface area contributed by atoms with Crippen LogP contribution in [0.15, 0.2) is 18.3 Å². The first-order chi connectivity index (χ1) is 7.55. The monoisotopic (exact) mass is 223 g/mol. The zero-order chi connectivity index (χ0) is 11.6. The predicted molar refractivity (Wildman–Crippen MR) is 62.7 cm³/mol. The first-order valence-corrected chi connectivity index (χ1v) is 5.67. The molecule has 1 aromatic heterocycles. The SMILES string of the molecule is CC1(F)CCCN(Cc2ccnc(N)c2)C1. The van der Waals surface area contributed by atoms with Gasteiger partial charge in [-0.15, -0.1) is 0 Å². The second-order valence-electron chi connectivity index (χ2n) is 4.82. The van der Waals surface area contributed by atoms with Crippen LogP contribution in [0.3, 0.4) is 0 Å². The van der Waals surface area contributed by atoms with E-state index in [2.05, 4.69) is 9.88 Å². The van der Waals surface area contributed by atoms with E-state index in [0.29, 0.717) is 18.8 Å². The molecule has 2 rings (SSSR count). The third kappa shape index (κ3) is 2.92. The lowest BCUT2D eigenvalue weighted by molar-refractivity contribution is 0.0563. The Kier molecular flexibility index (Phi) is 3.10. The molecular formula is C12H18FN3. The number of alkyl halides is 1. The first-order valence-electron chi connectivity index (χ1n) is 5.67. The number of rotatable bonds is 2. The molecule has 0 amide bonds. The van der Waals surface area contributed by atoms with Gasteiger partial charge in [0.1, 0.15) is 11.5 Å². The van der Waals surface area contributed by atoms with Gasteiger partial charge in [0.2, 0.25) is 0 Å². The Morgan fingerprint density at radius 3 is 3.12 bits per heavy atom. The molecule has 1 fully saturated rings. The molecule has 1 unspecified atom stereocenters. The summed E-state index contributed by atoms with van der Waals surface area (Å²) in [6, 6.07) is 3.78. The summed E-state index contributed by atoms with van der Waals surface area (Å²) in [5.74, 6) is 0.525. The molecule has 2 heterocycles. The van der Waals surface area contributed by atoms with Crippen LogP contribution in [0.5, 0.6) is 0 Å². The molecule has 16 heavy (non-hydrogen) atoms. The van der Waals surface area contributed by atoms with E-state index in [0.717, 1.165) is 25.1 Å². The summed E-state index contributed by atoms with van der Waals surface area (Å²) in [5, 5.41) is 0. The van der Waals surface area contributed by atoms with Crippen LogP contribution in [-0.4, -0.2) is 28.6 Å². The lowest BCUT2D eigenvalue weighted by Gasteiger charge is -2.35. The van der Waals surface area contributed by atoms with Crippen LogP contribution in [0.1, 0.15) is 25.3 Å². The van der Waals surface area contributed by atoms with Crippen molar-refractivity contribution in [1.29, 1.82) is 0 Å². The van der Waals surface area contributed by atoms with Crippen LogP contribution in [0.4, 0.5) is 10.2 Å². The zero-order valence-corrected chi connectivity index (χ0v) is 9.62. The highest BCUT2D eigenvalue weighted by molar-refractivity contribution is 5.31. The average molecular weight is 223 g/mol. The van der Waals surface area contributed by atoms with Gasteiger partial charge in [0.25, 0.3) is 0 Å². The third-order valence-corrected chi connectivity index (χ3v) is 2.98. The smallest absolute Gasteiger partial charge is 0.123 e. The van der Waals surface area contributed by atoms with Crippen molar-refractivity contribution in [1.82, 2.24) is 9.88 Å². The zero-order valence-electron chi connectivity index (χ0n) is 9.62. The number of hydrogen-bond acceptors (Lipinski definition) is 3. The minimum atomic E-state index is -1.04. The quantitative estimate of drug-likeness (QED) is 0.833. The summed E-state index contributed by atoms with van der Waals surface area (Å²) >= 11 is 0. The summed E-state index contributed by atoms with van der Waals surface area (Å²) in [6.45, 7) is 3.91. The number of nitrogens with two attached hydrogens (primary N) is 1. The molecule has 0 spiro atoms. The fraction of sp³-hybridized carbons (Fsp3) is 0.583. The molecule has 1 saturated heterocycles. The molecule has 0 aliphatic carbocycles. The molecule has 0 aromatic carbocycles. The van der Waals surface area contributed by atoms with E-state index in [-0.39, 0.29) is 0 Å². The van der Waals surface area contributed by atoms with Gasteiger partial charge in [-0.05, 0) is 44.0 Å². The second-order valence-corrected chi connectivity index (χ2v) is 4.82. The Morgan fingerprint density at radius 1 is 1.62 bits per heavy atom. The van der Waals surface area contributed by atoms with Crippen LogP contribution in [0.25, 0.3) is 0 Å². The summed E-state index contributed by atoms with van der Waals surface area (Å²) in [5.41, 5.74) is 5.67. The molecule has 1 aromatic rings. The molecule has 88 valence electrons. The van der Waals surface area contributed by atoms with E-state index in [1.807, 2.05) is 12.1 Å². The Hall–Kier alpha value is -1.16. The number of hydrogen-bond donors (Lipinski definition) is 1. The molecule has 0 bridgehead atoms. The molecular weight excluding hydrogens is 205 g/mol. The molecule has 1 aliphatic rings. The van der Waals surface area contributed by atoms with Crippen LogP contribution in [0.2, 0.25) is 0 Å². The first kappa shape index (κ1) is 11.3. The molecule has 3 nitrogen and oxygen atoms in total. The van der Waals surface area contributed by atoms with Crippen LogP contribution >= 0.6 is 0 Å². The maximum atomic E-state index is 13.8. The van der Waals surface area contributed by atoms with Gasteiger partial charge in [-0.25, -0.2) is 9.37 Å². The third-order valence-electron chi connectivity index (χ3n) is 2.98. The number of aromatic nitrogens is 1. The highest BCUT2D eigenvalue weighted by atomic mass is 19.1. The van der Waals surface area contributed by atoms with Crippen molar-refractivity contribution < 1.29 is 4.39 Å². The van der Waals surface area contributed by atoms with Gasteiger partial charge in [0.05, 0.1) is 0 Å². The lowest BCUT2D eigenvalue weighted by Crippen LogP contribution is -2.42. The highest BCUT2D eigenvalue weighted by Crippen LogP contribution is 2.25. The van der Waals surface area contributed by atoms with E-state index in [4.69, 9.17) is 5.73 Å². The highest BCUT2D eigenvalue weighted by Gasteiger charge is 2.30. The number of nitrogen functional groups attached to an aromatic ring is 1. The fourth-order valence-corrected chi connectivity index (χ4v) is 2.28. The van der Waals surface area contributed by atoms with Crippen molar-refractivity contribution in [3.8, 4) is 0 Å². The Labute approximate surface area is 95.5 Å². The average Bonchev–Trinajstić information content (AvgIpc) is 2.15. The van der Waals surface area contributed by atoms with Crippen LogP contribution in [0, 0.1) is 0 Å². The van der Waals surface area contributed by atoms with Crippen molar-refractivity contribution in [2.24, 2.45) is 0 Å². The van der Waals surface area contributed by atoms with Gasteiger partial charge in [-0.2, -0.15) is 0 Å². The van der Waals surface area contributed by atoms with Crippen LogP contribution in [-0.2, 0) is 6.54 Å². The summed E-state index contributed by atoms with van der Waals surface area (Å²) in [7, 11) is 0. The van der Waals surface area contributed by atoms with E-state index >= 15 is 0 Å². The Morgan fingerprint density at radius 2 is 2.44 bits per heavy atom. The predicted octanol–water partition coefficient (Wildman–Crippen LogP) is 1.99. The standard InChI is InChI=1S/C12H18FN3/c1-12(13)4-2-6-16(9-12)8-10-3-5-15-11(14)7-10/h3,5,7H,2,4,6,8-9H2,1H3,(H2,14,15). The number of anilines is 1. The van der Waals surface area contributed by atoms with Gasteiger partial charge in [0, 0.05) is 19.3 Å². The van der Waals surface area contributed by atoms with E-state index in [9.17, 15) is 4.39 Å². The van der Waals surface area contributed by atoms with E-state index in [1.54, 1.807) is 13.1 Å². The molecule has 0 saturated carbocycles. The largest absolute Gasteiger partial charge is 0.384 e. The maximum Gasteiger partial charge on any atom is 0.123 e. The fourth-order valence-electron chi connectivity index (χ4n) is 2.28. The van der Waals surface area contributed by atoms with Gasteiger partial charge in [0.15, 0.2) is 0 Å². The van der Waals surface area contributed by atoms with Crippen molar-refractivity contribution in [2.45, 2.75) is 32.0 Å². The minimum absolute atomic E-state index is 0.509. The lowest BCUT2D eigenvalue weighted by atomic mass is 9.96. The summed E-state index contributed by atoms with van der Waals surface area (Å²) in [4.78, 5) is 6.08. The number of piperidine rings is 1.